The van der Waals surface area contributed by atoms with E-state index in [0.29, 0.717) is 0 Å². The molecule has 0 aromatic heterocycles. The van der Waals surface area contributed by atoms with Crippen molar-refractivity contribution < 1.29 is 0 Å². The Bertz CT molecular complexity index is 132. The summed E-state index contributed by atoms with van der Waals surface area (Å²) in [7, 11) is 0. The van der Waals surface area contributed by atoms with Crippen LogP contribution in [-0.4, -0.2) is 24.5 Å². The van der Waals surface area contributed by atoms with Gasteiger partial charge in [0.2, 0.25) is 0 Å². The predicted octanol–water partition coefficient (Wildman–Crippen LogP) is 2.38. The van der Waals surface area contributed by atoms with Gasteiger partial charge in [0, 0.05) is 0 Å². The molecule has 0 aliphatic heterocycles. The molecule has 0 aliphatic carbocycles. The van der Waals surface area contributed by atoms with Crippen LogP contribution in [0.4, 0.5) is 0 Å². The van der Waals surface area contributed by atoms with E-state index in [9.17, 15) is 0 Å². The van der Waals surface area contributed by atoms with Gasteiger partial charge in [-0.15, -0.1) is 6.42 Å². The third kappa shape index (κ3) is 6.24. The lowest BCUT2D eigenvalue weighted by Gasteiger charge is -2.19. The molecule has 12 heavy (non-hydrogen) atoms. The van der Waals surface area contributed by atoms with Crippen molar-refractivity contribution in [3.05, 3.63) is 0 Å². The van der Waals surface area contributed by atoms with Crippen molar-refractivity contribution in [2.75, 3.05) is 19.6 Å². The highest BCUT2D eigenvalue weighted by molar-refractivity contribution is 4.88. The highest BCUT2D eigenvalue weighted by Gasteiger charge is 2.02. The third-order valence-corrected chi connectivity index (χ3v) is 1.88. The number of nitrogens with zero attached hydrogens (tertiary/aromatic N) is 1. The summed E-state index contributed by atoms with van der Waals surface area (Å²) in [6.07, 6.45) is 7.72. The van der Waals surface area contributed by atoms with Crippen molar-refractivity contribution in [3.63, 3.8) is 0 Å². The van der Waals surface area contributed by atoms with E-state index in [0.717, 1.165) is 25.6 Å². The summed E-state index contributed by atoms with van der Waals surface area (Å²) in [6.45, 7) is 9.78. The average molecular weight is 167 g/mol. The van der Waals surface area contributed by atoms with E-state index in [1.807, 2.05) is 0 Å². The molecule has 0 amide bonds. The molecule has 0 saturated carbocycles. The topological polar surface area (TPSA) is 3.24 Å². The van der Waals surface area contributed by atoms with Gasteiger partial charge < -0.3 is 0 Å². The molecule has 0 rings (SSSR count). The summed E-state index contributed by atoms with van der Waals surface area (Å²) in [6, 6.07) is 0. The molecule has 0 aliphatic rings. The summed E-state index contributed by atoms with van der Waals surface area (Å²) in [5, 5.41) is 0. The zero-order valence-corrected chi connectivity index (χ0v) is 8.64. The zero-order chi connectivity index (χ0) is 9.40. The van der Waals surface area contributed by atoms with E-state index in [1.165, 1.54) is 12.8 Å². The number of rotatable bonds is 6. The lowest BCUT2D eigenvalue weighted by molar-refractivity contribution is 0.287. The van der Waals surface area contributed by atoms with E-state index >= 15 is 0 Å². The highest BCUT2D eigenvalue weighted by atomic mass is 15.1. The van der Waals surface area contributed by atoms with Crippen LogP contribution in [0.15, 0.2) is 0 Å². The smallest absolute Gasteiger partial charge is 0.0598 e. The number of hydrogen-bond acceptors (Lipinski definition) is 1. The van der Waals surface area contributed by atoms with Crippen LogP contribution in [-0.2, 0) is 0 Å². The molecule has 0 radical (unpaired) electrons. The second-order valence-corrected chi connectivity index (χ2v) is 3.66. The van der Waals surface area contributed by atoms with E-state index in [2.05, 4.69) is 31.6 Å². The maximum absolute atomic E-state index is 5.27. The van der Waals surface area contributed by atoms with Crippen molar-refractivity contribution >= 4 is 0 Å². The molecule has 0 spiro atoms. The van der Waals surface area contributed by atoms with Crippen LogP contribution in [0.1, 0.15) is 33.6 Å². The summed E-state index contributed by atoms with van der Waals surface area (Å²) in [5.41, 5.74) is 0. The molecule has 0 unspecified atom stereocenters. The molecule has 0 heterocycles. The van der Waals surface area contributed by atoms with E-state index in [-0.39, 0.29) is 0 Å². The van der Waals surface area contributed by atoms with Crippen molar-refractivity contribution in [2.24, 2.45) is 5.92 Å². The molecule has 0 fully saturated rings. The molecule has 0 saturated heterocycles. The molecular weight excluding hydrogens is 146 g/mol. The normalized spacial score (nSPS) is 10.7. The van der Waals surface area contributed by atoms with E-state index < -0.39 is 0 Å². The first kappa shape index (κ1) is 11.5. The Kier molecular flexibility index (Phi) is 6.90. The van der Waals surface area contributed by atoms with Gasteiger partial charge in [0.05, 0.1) is 6.54 Å². The molecule has 70 valence electrons. The fourth-order valence-corrected chi connectivity index (χ4v) is 1.16. The lowest BCUT2D eigenvalue weighted by Crippen LogP contribution is -2.26. The zero-order valence-electron chi connectivity index (χ0n) is 8.64. The van der Waals surface area contributed by atoms with Crippen LogP contribution in [0.3, 0.4) is 0 Å². The van der Waals surface area contributed by atoms with Gasteiger partial charge >= 0.3 is 0 Å². The van der Waals surface area contributed by atoms with E-state index in [1.54, 1.807) is 0 Å². The minimum atomic E-state index is 0.780. The summed E-state index contributed by atoms with van der Waals surface area (Å²) < 4.78 is 0. The Morgan fingerprint density at radius 1 is 1.33 bits per heavy atom. The van der Waals surface area contributed by atoms with E-state index in [4.69, 9.17) is 6.42 Å². The Morgan fingerprint density at radius 2 is 2.00 bits per heavy atom. The number of hydrogen-bond donors (Lipinski definition) is 0. The minimum Gasteiger partial charge on any atom is -0.292 e. The van der Waals surface area contributed by atoms with Gasteiger partial charge in [-0.05, 0) is 31.8 Å². The molecule has 1 heteroatoms. The largest absolute Gasteiger partial charge is 0.292 e. The first-order valence-electron chi connectivity index (χ1n) is 4.86. The van der Waals surface area contributed by atoms with Gasteiger partial charge in [-0.25, -0.2) is 0 Å². The van der Waals surface area contributed by atoms with Crippen molar-refractivity contribution in [1.82, 2.24) is 4.90 Å². The molecule has 0 aromatic rings. The summed E-state index contributed by atoms with van der Waals surface area (Å²) in [4.78, 5) is 2.35. The minimum absolute atomic E-state index is 0.780. The Balaban J connectivity index is 3.56. The van der Waals surface area contributed by atoms with Gasteiger partial charge in [0.1, 0.15) is 0 Å². The predicted molar refractivity (Wildman–Crippen MR) is 55.0 cm³/mol. The van der Waals surface area contributed by atoms with Crippen LogP contribution in [0.2, 0.25) is 0 Å². The fraction of sp³-hybridized carbons (Fsp3) is 0.818. The monoisotopic (exact) mass is 167 g/mol. The molecule has 0 atom stereocenters. The molecule has 0 N–H and O–H groups in total. The summed E-state index contributed by atoms with van der Waals surface area (Å²) in [5.74, 6) is 3.48. The maximum Gasteiger partial charge on any atom is 0.0598 e. The standard InChI is InChI=1S/C11H21N/c1-5-8-12(9-6-2)10-7-11(3)4/h1,11H,6-10H2,2-4H3. The fourth-order valence-electron chi connectivity index (χ4n) is 1.16. The van der Waals surface area contributed by atoms with Crippen molar-refractivity contribution in [3.8, 4) is 12.3 Å². The van der Waals surface area contributed by atoms with Crippen LogP contribution >= 0.6 is 0 Å². The van der Waals surface area contributed by atoms with Crippen LogP contribution in [0.25, 0.3) is 0 Å². The van der Waals surface area contributed by atoms with Gasteiger partial charge in [-0.1, -0.05) is 26.7 Å². The molecule has 0 aromatic carbocycles. The summed E-state index contributed by atoms with van der Waals surface area (Å²) >= 11 is 0. The Hall–Kier alpha value is -0.480. The molecule has 0 bridgehead atoms. The molecule has 1 nitrogen and oxygen atoms in total. The lowest BCUT2D eigenvalue weighted by atomic mass is 10.1. The molecular formula is C11H21N. The number of terminal acetylenes is 1. The first-order valence-corrected chi connectivity index (χ1v) is 4.86. The van der Waals surface area contributed by atoms with Crippen molar-refractivity contribution in [1.29, 1.82) is 0 Å². The van der Waals surface area contributed by atoms with Crippen LogP contribution in [0, 0.1) is 18.3 Å². The van der Waals surface area contributed by atoms with Crippen LogP contribution < -0.4 is 0 Å². The highest BCUT2D eigenvalue weighted by Crippen LogP contribution is 2.02. The van der Waals surface area contributed by atoms with Crippen LogP contribution in [0.5, 0.6) is 0 Å². The van der Waals surface area contributed by atoms with Gasteiger partial charge in [0.25, 0.3) is 0 Å². The second-order valence-electron chi connectivity index (χ2n) is 3.66. The Morgan fingerprint density at radius 3 is 2.42 bits per heavy atom. The quantitative estimate of drug-likeness (QED) is 0.549. The SMILES string of the molecule is C#CCN(CCC)CCC(C)C. The average Bonchev–Trinajstić information content (AvgIpc) is 2.01. The second kappa shape index (κ2) is 7.18. The first-order chi connectivity index (χ1) is 5.70. The van der Waals surface area contributed by atoms with Crippen molar-refractivity contribution in [2.45, 2.75) is 33.6 Å². The van der Waals surface area contributed by atoms with Gasteiger partial charge in [-0.2, -0.15) is 0 Å². The third-order valence-electron chi connectivity index (χ3n) is 1.88. The van der Waals surface area contributed by atoms with Gasteiger partial charge in [0.15, 0.2) is 0 Å². The maximum atomic E-state index is 5.27. The van der Waals surface area contributed by atoms with Gasteiger partial charge in [-0.3, -0.25) is 4.90 Å². The Labute approximate surface area is 77.1 Å².